The summed E-state index contributed by atoms with van der Waals surface area (Å²) in [4.78, 5) is 23.6. The predicted octanol–water partition coefficient (Wildman–Crippen LogP) is 4.26. The van der Waals surface area contributed by atoms with Crippen molar-refractivity contribution in [1.82, 2.24) is 19.6 Å². The number of aryl methyl sites for hydroxylation is 2. The van der Waals surface area contributed by atoms with Gasteiger partial charge >= 0.3 is 5.69 Å². The smallest absolute Gasteiger partial charge is 0.312 e. The van der Waals surface area contributed by atoms with Gasteiger partial charge in [0.15, 0.2) is 0 Å². The van der Waals surface area contributed by atoms with E-state index in [2.05, 4.69) is 15.5 Å². The molecule has 31 heavy (non-hydrogen) atoms. The lowest BCUT2D eigenvalue weighted by Gasteiger charge is -2.14. The van der Waals surface area contributed by atoms with Crippen LogP contribution in [-0.2, 0) is 11.3 Å². The van der Waals surface area contributed by atoms with Crippen molar-refractivity contribution in [2.45, 2.75) is 47.2 Å². The third-order valence-electron chi connectivity index (χ3n) is 5.18. The van der Waals surface area contributed by atoms with E-state index in [9.17, 15) is 19.3 Å². The molecule has 0 saturated heterocycles. The highest BCUT2D eigenvalue weighted by molar-refractivity contribution is 6.31. The quantitative estimate of drug-likeness (QED) is 0.447. The van der Waals surface area contributed by atoms with Crippen molar-refractivity contribution in [2.24, 2.45) is 0 Å². The molecule has 0 saturated carbocycles. The predicted molar refractivity (Wildman–Crippen MR) is 114 cm³/mol. The highest BCUT2D eigenvalue weighted by Gasteiger charge is 2.28. The molecule has 2 heterocycles. The van der Waals surface area contributed by atoms with Crippen LogP contribution in [-0.4, -0.2) is 30.4 Å². The van der Waals surface area contributed by atoms with Crippen molar-refractivity contribution in [2.75, 3.05) is 5.32 Å². The average molecular weight is 449 g/mol. The topological polar surface area (TPSA) is 108 Å². The van der Waals surface area contributed by atoms with Gasteiger partial charge in [0.05, 0.1) is 28.5 Å². The fraction of sp³-hybridized carbons (Fsp3) is 0.350. The fourth-order valence-corrected chi connectivity index (χ4v) is 3.70. The number of carbonyl (C=O) groups excluding carboxylic acids is 1. The second kappa shape index (κ2) is 8.46. The fourth-order valence-electron chi connectivity index (χ4n) is 3.48. The van der Waals surface area contributed by atoms with Gasteiger partial charge in [-0.1, -0.05) is 17.7 Å². The third-order valence-corrected chi connectivity index (χ3v) is 5.53. The summed E-state index contributed by atoms with van der Waals surface area (Å²) in [6, 6.07) is 3.37. The van der Waals surface area contributed by atoms with E-state index in [1.165, 1.54) is 23.7 Å². The summed E-state index contributed by atoms with van der Waals surface area (Å²) in [5, 5.41) is 23.0. The number of nitro groups is 1. The van der Waals surface area contributed by atoms with E-state index in [4.69, 9.17) is 11.6 Å². The maximum Gasteiger partial charge on any atom is 0.312 e. The van der Waals surface area contributed by atoms with E-state index in [0.29, 0.717) is 34.9 Å². The van der Waals surface area contributed by atoms with Gasteiger partial charge in [0.2, 0.25) is 5.91 Å². The lowest BCUT2D eigenvalue weighted by Crippen LogP contribution is -2.25. The van der Waals surface area contributed by atoms with Crippen LogP contribution in [0.2, 0.25) is 5.02 Å². The molecule has 9 nitrogen and oxygen atoms in total. The minimum atomic E-state index is -0.777. The van der Waals surface area contributed by atoms with E-state index in [1.54, 1.807) is 38.4 Å². The lowest BCUT2D eigenvalue weighted by atomic mass is 10.2. The molecule has 1 unspecified atom stereocenters. The Bertz CT molecular complexity index is 1190. The molecule has 1 N–H and O–H groups in total. The Morgan fingerprint density at radius 2 is 1.90 bits per heavy atom. The number of nitrogens with zero attached hydrogens (tertiary/aromatic N) is 5. The second-order valence-electron chi connectivity index (χ2n) is 7.33. The first-order chi connectivity index (χ1) is 14.5. The Morgan fingerprint density at radius 3 is 2.48 bits per heavy atom. The van der Waals surface area contributed by atoms with Gasteiger partial charge in [-0.25, -0.2) is 4.39 Å². The average Bonchev–Trinajstić information content (AvgIpc) is 3.13. The van der Waals surface area contributed by atoms with Crippen LogP contribution in [0.3, 0.4) is 0 Å². The molecule has 0 aliphatic heterocycles. The van der Waals surface area contributed by atoms with Gasteiger partial charge in [-0.3, -0.25) is 24.3 Å². The van der Waals surface area contributed by atoms with Gasteiger partial charge in [-0.15, -0.1) is 0 Å². The van der Waals surface area contributed by atoms with Crippen molar-refractivity contribution in [3.05, 3.63) is 67.5 Å². The minimum Gasteiger partial charge on any atom is -0.321 e. The highest BCUT2D eigenvalue weighted by Crippen LogP contribution is 2.27. The van der Waals surface area contributed by atoms with Gasteiger partial charge in [-0.2, -0.15) is 10.2 Å². The number of halogens is 2. The molecule has 0 fully saturated rings. The summed E-state index contributed by atoms with van der Waals surface area (Å²) < 4.78 is 16.3. The summed E-state index contributed by atoms with van der Waals surface area (Å²) >= 11 is 6.12. The van der Waals surface area contributed by atoms with Gasteiger partial charge in [0.25, 0.3) is 0 Å². The SMILES string of the molecule is Cc1nn(Cc2ccc(F)cc2Cl)c(C)c1NC(=O)C(C)n1nc(C)c([N+](=O)[O-])c1C. The number of hydrogen-bond acceptors (Lipinski definition) is 5. The molecule has 0 bridgehead atoms. The molecule has 1 amide bonds. The van der Waals surface area contributed by atoms with E-state index in [1.807, 2.05) is 0 Å². The normalized spacial score (nSPS) is 12.1. The minimum absolute atomic E-state index is 0.101. The van der Waals surface area contributed by atoms with Crippen molar-refractivity contribution in [1.29, 1.82) is 0 Å². The summed E-state index contributed by atoms with van der Waals surface area (Å²) in [6.07, 6.45) is 0. The van der Waals surface area contributed by atoms with Crippen molar-refractivity contribution < 1.29 is 14.1 Å². The zero-order chi connectivity index (χ0) is 23.0. The Hall–Kier alpha value is -3.27. The summed E-state index contributed by atoms with van der Waals surface area (Å²) in [5.74, 6) is -0.806. The summed E-state index contributed by atoms with van der Waals surface area (Å²) in [5.41, 5.74) is 2.96. The molecule has 164 valence electrons. The van der Waals surface area contributed by atoms with Gasteiger partial charge in [-0.05, 0) is 52.3 Å². The first-order valence-corrected chi connectivity index (χ1v) is 9.88. The van der Waals surface area contributed by atoms with Crippen LogP contribution in [0.4, 0.5) is 15.8 Å². The van der Waals surface area contributed by atoms with Crippen LogP contribution in [0.5, 0.6) is 0 Å². The summed E-state index contributed by atoms with van der Waals surface area (Å²) in [6.45, 7) is 8.57. The first-order valence-electron chi connectivity index (χ1n) is 9.50. The molecule has 1 aromatic carbocycles. The zero-order valence-electron chi connectivity index (χ0n) is 17.7. The second-order valence-corrected chi connectivity index (χ2v) is 7.73. The van der Waals surface area contributed by atoms with Crippen LogP contribution in [0.25, 0.3) is 0 Å². The largest absolute Gasteiger partial charge is 0.321 e. The highest BCUT2D eigenvalue weighted by atomic mass is 35.5. The van der Waals surface area contributed by atoms with Crippen molar-refractivity contribution >= 4 is 28.9 Å². The van der Waals surface area contributed by atoms with Crippen LogP contribution < -0.4 is 5.32 Å². The molecule has 11 heteroatoms. The number of anilines is 1. The number of amides is 1. The number of carbonyl (C=O) groups is 1. The molecule has 2 aromatic heterocycles. The molecule has 3 rings (SSSR count). The Labute approximate surface area is 183 Å². The summed E-state index contributed by atoms with van der Waals surface area (Å²) in [7, 11) is 0. The van der Waals surface area contributed by atoms with Crippen LogP contribution in [0, 0.1) is 43.6 Å². The number of aromatic nitrogens is 4. The molecule has 0 radical (unpaired) electrons. The van der Waals surface area contributed by atoms with Crippen molar-refractivity contribution in [3.8, 4) is 0 Å². The molecule has 0 aliphatic rings. The van der Waals surface area contributed by atoms with E-state index in [-0.39, 0.29) is 22.3 Å². The molecular formula is C20H22ClFN6O3. The van der Waals surface area contributed by atoms with E-state index in [0.717, 1.165) is 0 Å². The van der Waals surface area contributed by atoms with E-state index < -0.39 is 16.8 Å². The zero-order valence-corrected chi connectivity index (χ0v) is 18.5. The maximum atomic E-state index is 13.3. The van der Waals surface area contributed by atoms with Crippen LogP contribution >= 0.6 is 11.6 Å². The number of benzene rings is 1. The molecule has 0 aliphatic carbocycles. The molecule has 1 atom stereocenters. The van der Waals surface area contributed by atoms with Gasteiger partial charge in [0.1, 0.15) is 23.2 Å². The van der Waals surface area contributed by atoms with Crippen LogP contribution in [0.1, 0.15) is 41.3 Å². The maximum absolute atomic E-state index is 13.3. The Morgan fingerprint density at radius 1 is 1.23 bits per heavy atom. The lowest BCUT2D eigenvalue weighted by molar-refractivity contribution is -0.386. The van der Waals surface area contributed by atoms with Gasteiger partial charge < -0.3 is 5.32 Å². The van der Waals surface area contributed by atoms with Crippen LogP contribution in [0.15, 0.2) is 18.2 Å². The number of hydrogen-bond donors (Lipinski definition) is 1. The first kappa shape index (κ1) is 22.4. The molecule has 0 spiro atoms. The Kier molecular flexibility index (Phi) is 6.12. The Balaban J connectivity index is 1.84. The number of nitrogens with one attached hydrogen (secondary N) is 1. The van der Waals surface area contributed by atoms with Gasteiger partial charge in [0, 0.05) is 5.02 Å². The van der Waals surface area contributed by atoms with E-state index >= 15 is 0 Å². The number of rotatable bonds is 6. The standard InChI is InChI=1S/C20H22ClFN6O3/c1-10-18(12(3)26(24-10)9-15-6-7-16(22)8-17(15)21)23-20(29)14(5)27-13(4)19(28(30)31)11(2)25-27/h6-8,14H,9H2,1-5H3,(H,23,29). The molecular weight excluding hydrogens is 427 g/mol. The van der Waals surface area contributed by atoms with Crippen molar-refractivity contribution in [3.63, 3.8) is 0 Å². The monoisotopic (exact) mass is 448 g/mol. The third kappa shape index (κ3) is 4.29. The molecule has 3 aromatic rings.